The summed E-state index contributed by atoms with van der Waals surface area (Å²) in [6.07, 6.45) is 0. The molecular formula is C23H21IN2O2. The van der Waals surface area contributed by atoms with Gasteiger partial charge in [0, 0.05) is 34.0 Å². The molecule has 3 aromatic rings. The molecule has 0 aromatic heterocycles. The van der Waals surface area contributed by atoms with Gasteiger partial charge < -0.3 is 10.2 Å². The molecule has 0 bridgehead atoms. The average molecular weight is 484 g/mol. The van der Waals surface area contributed by atoms with Gasteiger partial charge in [-0.1, -0.05) is 42.5 Å². The summed E-state index contributed by atoms with van der Waals surface area (Å²) in [6.45, 7) is 2.53. The van der Waals surface area contributed by atoms with Gasteiger partial charge >= 0.3 is 0 Å². The van der Waals surface area contributed by atoms with Gasteiger partial charge in [0.15, 0.2) is 0 Å². The van der Waals surface area contributed by atoms with Crippen LogP contribution in [0, 0.1) is 10.5 Å². The molecule has 0 unspecified atom stereocenters. The van der Waals surface area contributed by atoms with Gasteiger partial charge in [-0.3, -0.25) is 9.59 Å². The number of carbonyl (C=O) groups excluding carboxylic acids is 2. The number of anilines is 1. The van der Waals surface area contributed by atoms with E-state index in [0.717, 1.165) is 14.7 Å². The Morgan fingerprint density at radius 3 is 2.39 bits per heavy atom. The molecule has 3 aromatic carbocycles. The van der Waals surface area contributed by atoms with Crippen molar-refractivity contribution >= 4 is 40.1 Å². The van der Waals surface area contributed by atoms with Gasteiger partial charge in [-0.05, 0) is 71.0 Å². The fraction of sp³-hybridized carbons (Fsp3) is 0.130. The Bertz CT molecular complexity index is 1000. The molecule has 0 aliphatic heterocycles. The second kappa shape index (κ2) is 9.01. The Balaban J connectivity index is 1.71. The van der Waals surface area contributed by atoms with Crippen molar-refractivity contribution in [3.63, 3.8) is 0 Å². The summed E-state index contributed by atoms with van der Waals surface area (Å²) in [4.78, 5) is 26.9. The Kier molecular flexibility index (Phi) is 6.46. The average Bonchev–Trinajstić information content (AvgIpc) is 2.70. The highest BCUT2D eigenvalue weighted by molar-refractivity contribution is 14.1. The Morgan fingerprint density at radius 1 is 0.929 bits per heavy atom. The molecule has 2 amide bonds. The maximum atomic E-state index is 12.8. The Morgan fingerprint density at radius 2 is 1.68 bits per heavy atom. The number of halogens is 1. The van der Waals surface area contributed by atoms with Crippen molar-refractivity contribution < 1.29 is 9.59 Å². The van der Waals surface area contributed by atoms with Crippen LogP contribution in [-0.4, -0.2) is 23.8 Å². The minimum absolute atomic E-state index is 0.0927. The SMILES string of the molecule is Cc1ccc(C(=O)Nc2cccc(C(=O)N(C)Cc3ccccc3)c2)cc1I. The largest absolute Gasteiger partial charge is 0.337 e. The van der Waals surface area contributed by atoms with Gasteiger partial charge in [0.25, 0.3) is 11.8 Å². The molecule has 3 rings (SSSR count). The smallest absolute Gasteiger partial charge is 0.255 e. The number of aryl methyl sites for hydroxylation is 1. The lowest BCUT2D eigenvalue weighted by Gasteiger charge is -2.18. The van der Waals surface area contributed by atoms with E-state index in [4.69, 9.17) is 0 Å². The van der Waals surface area contributed by atoms with Crippen LogP contribution in [0.15, 0.2) is 72.8 Å². The van der Waals surface area contributed by atoms with Crippen molar-refractivity contribution in [1.29, 1.82) is 0 Å². The highest BCUT2D eigenvalue weighted by Gasteiger charge is 2.14. The summed E-state index contributed by atoms with van der Waals surface area (Å²) in [7, 11) is 1.77. The quantitative estimate of drug-likeness (QED) is 0.511. The first-order valence-electron chi connectivity index (χ1n) is 8.91. The van der Waals surface area contributed by atoms with E-state index in [1.807, 2.05) is 49.4 Å². The van der Waals surface area contributed by atoms with Crippen LogP contribution in [0.2, 0.25) is 0 Å². The van der Waals surface area contributed by atoms with Crippen LogP contribution >= 0.6 is 22.6 Å². The fourth-order valence-corrected chi connectivity index (χ4v) is 3.33. The second-order valence-electron chi connectivity index (χ2n) is 6.65. The van der Waals surface area contributed by atoms with E-state index < -0.39 is 0 Å². The van der Waals surface area contributed by atoms with Crippen molar-refractivity contribution in [3.05, 3.63) is 98.6 Å². The predicted octanol–water partition coefficient (Wildman–Crippen LogP) is 5.12. The van der Waals surface area contributed by atoms with E-state index >= 15 is 0 Å². The summed E-state index contributed by atoms with van der Waals surface area (Å²) in [5, 5.41) is 2.88. The van der Waals surface area contributed by atoms with Crippen LogP contribution in [0.3, 0.4) is 0 Å². The van der Waals surface area contributed by atoms with Crippen molar-refractivity contribution in [1.82, 2.24) is 4.90 Å². The standard InChI is InChI=1S/C23H21IN2O2/c1-16-11-12-18(14-21(16)24)22(27)25-20-10-6-9-19(13-20)23(28)26(2)15-17-7-4-3-5-8-17/h3-14H,15H2,1-2H3,(H,25,27). The summed E-state index contributed by atoms with van der Waals surface area (Å²) in [6, 6.07) is 22.4. The molecule has 0 fully saturated rings. The highest BCUT2D eigenvalue weighted by Crippen LogP contribution is 2.17. The first-order chi connectivity index (χ1) is 13.4. The van der Waals surface area contributed by atoms with Gasteiger partial charge in [0.2, 0.25) is 0 Å². The number of benzene rings is 3. The fourth-order valence-electron chi connectivity index (χ4n) is 2.82. The summed E-state index contributed by atoms with van der Waals surface area (Å²) in [5.41, 5.74) is 3.92. The van der Waals surface area contributed by atoms with Crippen molar-refractivity contribution in [3.8, 4) is 0 Å². The summed E-state index contributed by atoms with van der Waals surface area (Å²) < 4.78 is 1.04. The molecule has 0 aliphatic carbocycles. The minimum Gasteiger partial charge on any atom is -0.337 e. The lowest BCUT2D eigenvalue weighted by Crippen LogP contribution is -2.26. The molecule has 4 nitrogen and oxygen atoms in total. The van der Waals surface area contributed by atoms with Crippen molar-refractivity contribution in [2.75, 3.05) is 12.4 Å². The molecule has 0 saturated heterocycles. The molecule has 0 radical (unpaired) electrons. The predicted molar refractivity (Wildman–Crippen MR) is 121 cm³/mol. The maximum Gasteiger partial charge on any atom is 0.255 e. The maximum absolute atomic E-state index is 12.8. The third kappa shape index (κ3) is 4.98. The van der Waals surface area contributed by atoms with Crippen LogP contribution in [0.1, 0.15) is 31.8 Å². The molecule has 5 heteroatoms. The topological polar surface area (TPSA) is 49.4 Å². The normalized spacial score (nSPS) is 10.4. The Hall–Kier alpha value is -2.67. The Labute approximate surface area is 178 Å². The highest BCUT2D eigenvalue weighted by atomic mass is 127. The van der Waals surface area contributed by atoms with Gasteiger partial charge in [-0.2, -0.15) is 0 Å². The monoisotopic (exact) mass is 484 g/mol. The molecule has 0 spiro atoms. The number of hydrogen-bond donors (Lipinski definition) is 1. The van der Waals surface area contributed by atoms with Crippen LogP contribution in [0.4, 0.5) is 5.69 Å². The van der Waals surface area contributed by atoms with E-state index in [-0.39, 0.29) is 11.8 Å². The van der Waals surface area contributed by atoms with Crippen LogP contribution < -0.4 is 5.32 Å². The number of amides is 2. The van der Waals surface area contributed by atoms with Crippen LogP contribution in [-0.2, 0) is 6.54 Å². The molecule has 28 heavy (non-hydrogen) atoms. The van der Waals surface area contributed by atoms with Gasteiger partial charge in [-0.15, -0.1) is 0 Å². The van der Waals surface area contributed by atoms with E-state index in [9.17, 15) is 9.59 Å². The lowest BCUT2D eigenvalue weighted by molar-refractivity contribution is 0.0784. The van der Waals surface area contributed by atoms with Crippen molar-refractivity contribution in [2.45, 2.75) is 13.5 Å². The molecule has 142 valence electrons. The third-order valence-electron chi connectivity index (χ3n) is 4.41. The number of nitrogens with one attached hydrogen (secondary N) is 1. The van der Waals surface area contributed by atoms with E-state index in [0.29, 0.717) is 23.4 Å². The molecule has 0 atom stereocenters. The number of hydrogen-bond acceptors (Lipinski definition) is 2. The first-order valence-corrected chi connectivity index (χ1v) is 9.99. The van der Waals surface area contributed by atoms with E-state index in [1.54, 1.807) is 42.3 Å². The minimum atomic E-state index is -0.194. The lowest BCUT2D eigenvalue weighted by atomic mass is 10.1. The third-order valence-corrected chi connectivity index (χ3v) is 5.57. The molecule has 0 saturated carbocycles. The molecule has 0 heterocycles. The zero-order valence-electron chi connectivity index (χ0n) is 15.8. The zero-order chi connectivity index (χ0) is 20.1. The number of rotatable bonds is 5. The van der Waals surface area contributed by atoms with Crippen LogP contribution in [0.25, 0.3) is 0 Å². The summed E-state index contributed by atoms with van der Waals surface area (Å²) in [5.74, 6) is -0.287. The van der Waals surface area contributed by atoms with Gasteiger partial charge in [0.1, 0.15) is 0 Å². The number of carbonyl (C=O) groups is 2. The molecule has 0 aliphatic rings. The first kappa shape index (κ1) is 20.1. The number of nitrogens with zero attached hydrogens (tertiary/aromatic N) is 1. The zero-order valence-corrected chi connectivity index (χ0v) is 17.9. The summed E-state index contributed by atoms with van der Waals surface area (Å²) >= 11 is 2.21. The second-order valence-corrected chi connectivity index (χ2v) is 7.81. The van der Waals surface area contributed by atoms with E-state index in [1.165, 1.54) is 0 Å². The molecule has 1 N–H and O–H groups in total. The van der Waals surface area contributed by atoms with Gasteiger partial charge in [-0.25, -0.2) is 0 Å². The van der Waals surface area contributed by atoms with E-state index in [2.05, 4.69) is 27.9 Å². The van der Waals surface area contributed by atoms with Crippen molar-refractivity contribution in [2.24, 2.45) is 0 Å². The molecular weight excluding hydrogens is 463 g/mol. The van der Waals surface area contributed by atoms with Gasteiger partial charge in [0.05, 0.1) is 0 Å². The van der Waals surface area contributed by atoms with Crippen LogP contribution in [0.5, 0.6) is 0 Å².